The van der Waals surface area contributed by atoms with Crippen LogP contribution in [0.1, 0.15) is 20.3 Å². The number of rotatable bonds is 6. The molecule has 25 heavy (non-hydrogen) atoms. The normalized spacial score (nSPS) is 11.4. The van der Waals surface area contributed by atoms with Crippen LogP contribution in [0.15, 0.2) is 67.3 Å². The van der Waals surface area contributed by atoms with Gasteiger partial charge in [-0.05, 0) is 30.7 Å². The molecule has 0 amide bonds. The van der Waals surface area contributed by atoms with Crippen LogP contribution in [0, 0.1) is 0 Å². The number of fused-ring (bicyclic) bond motifs is 2. The minimum absolute atomic E-state index is 0.416. The van der Waals surface area contributed by atoms with E-state index in [9.17, 15) is 4.79 Å². The van der Waals surface area contributed by atoms with Gasteiger partial charge in [-0.15, -0.1) is 0 Å². The lowest BCUT2D eigenvalue weighted by Gasteiger charge is -2.24. The summed E-state index contributed by atoms with van der Waals surface area (Å²) < 4.78 is 11.5. The highest BCUT2D eigenvalue weighted by molar-refractivity contribution is 6.05. The lowest BCUT2D eigenvalue weighted by molar-refractivity contribution is -0.151. The van der Waals surface area contributed by atoms with Gasteiger partial charge in [0.05, 0.1) is 6.61 Å². The quantitative estimate of drug-likeness (QED) is 0.350. The lowest BCUT2D eigenvalue weighted by atomic mass is 10.0. The van der Waals surface area contributed by atoms with Gasteiger partial charge in [0, 0.05) is 23.3 Å². The number of hydrogen-bond acceptors (Lipinski definition) is 3. The van der Waals surface area contributed by atoms with Crippen LogP contribution >= 0.6 is 0 Å². The van der Waals surface area contributed by atoms with Crippen molar-refractivity contribution in [2.75, 3.05) is 6.61 Å². The van der Waals surface area contributed by atoms with Gasteiger partial charge in [0.15, 0.2) is 0 Å². The van der Waals surface area contributed by atoms with Crippen LogP contribution in [0.5, 0.6) is 5.75 Å². The predicted molar refractivity (Wildman–Crippen MR) is 102 cm³/mol. The molecule has 3 aromatic carbocycles. The number of hydrogen-bond donors (Lipinski definition) is 0. The first kappa shape index (κ1) is 17.0. The van der Waals surface area contributed by atoms with E-state index in [1.165, 1.54) is 6.08 Å². The smallest absolute Gasteiger partial charge is 0.330 e. The molecule has 0 N–H and O–H groups in total. The molecule has 0 unspecified atom stereocenters. The summed E-state index contributed by atoms with van der Waals surface area (Å²) in [6.45, 7) is 7.64. The van der Waals surface area contributed by atoms with Crippen LogP contribution in [-0.2, 0) is 9.53 Å². The van der Waals surface area contributed by atoms with Crippen LogP contribution in [0.4, 0.5) is 0 Å². The summed E-state index contributed by atoms with van der Waals surface area (Å²) in [4.78, 5) is 11.4. The van der Waals surface area contributed by atoms with Crippen molar-refractivity contribution in [3.05, 3.63) is 67.3 Å². The first-order valence-corrected chi connectivity index (χ1v) is 8.39. The van der Waals surface area contributed by atoms with Gasteiger partial charge in [0.25, 0.3) is 0 Å². The highest BCUT2D eigenvalue weighted by atomic mass is 16.6. The molecular weight excluding hydrogens is 312 g/mol. The van der Waals surface area contributed by atoms with Gasteiger partial charge in [0.1, 0.15) is 11.4 Å². The van der Waals surface area contributed by atoms with Gasteiger partial charge >= 0.3 is 5.97 Å². The Morgan fingerprint density at radius 2 is 1.60 bits per heavy atom. The second-order valence-electron chi connectivity index (χ2n) is 6.63. The summed E-state index contributed by atoms with van der Waals surface area (Å²) in [6, 6.07) is 18.6. The average molecular weight is 334 g/mol. The van der Waals surface area contributed by atoms with Crippen molar-refractivity contribution in [1.29, 1.82) is 0 Å². The van der Waals surface area contributed by atoms with Crippen LogP contribution in [0.2, 0.25) is 0 Å². The summed E-state index contributed by atoms with van der Waals surface area (Å²) in [5, 5.41) is 4.46. The molecule has 0 aliphatic carbocycles. The number of esters is 1. The minimum Gasteiger partial charge on any atom is -0.492 e. The number of carbonyl (C=O) groups excluding carboxylic acids is 1. The molecule has 0 aliphatic rings. The largest absolute Gasteiger partial charge is 0.492 e. The molecule has 0 aromatic heterocycles. The molecule has 0 heterocycles. The highest BCUT2D eigenvalue weighted by Crippen LogP contribution is 2.35. The van der Waals surface area contributed by atoms with Crippen LogP contribution in [0.3, 0.4) is 0 Å². The Bertz CT molecular complexity index is 871. The molecule has 0 fully saturated rings. The van der Waals surface area contributed by atoms with Crippen LogP contribution in [-0.4, -0.2) is 18.2 Å². The Labute approximate surface area is 147 Å². The SMILES string of the molecule is C=CC(=O)OC(C)(C)CCOc1c2ccccc2cc2ccccc12. The minimum atomic E-state index is -0.605. The van der Waals surface area contributed by atoms with Crippen molar-refractivity contribution in [2.45, 2.75) is 25.9 Å². The molecule has 0 radical (unpaired) electrons. The van der Waals surface area contributed by atoms with E-state index in [1.807, 2.05) is 38.1 Å². The van der Waals surface area contributed by atoms with Gasteiger partial charge < -0.3 is 9.47 Å². The van der Waals surface area contributed by atoms with Crippen LogP contribution < -0.4 is 4.74 Å². The van der Waals surface area contributed by atoms with Gasteiger partial charge in [-0.3, -0.25) is 0 Å². The molecule has 3 heteroatoms. The third-order valence-electron chi connectivity index (χ3n) is 4.22. The maximum atomic E-state index is 11.4. The molecule has 0 saturated heterocycles. The van der Waals surface area contributed by atoms with Crippen molar-refractivity contribution in [3.63, 3.8) is 0 Å². The Balaban J connectivity index is 1.87. The zero-order valence-electron chi connectivity index (χ0n) is 14.6. The van der Waals surface area contributed by atoms with Gasteiger partial charge in [-0.25, -0.2) is 4.79 Å². The lowest BCUT2D eigenvalue weighted by Crippen LogP contribution is -2.29. The Kier molecular flexibility index (Phi) is 4.75. The second-order valence-corrected chi connectivity index (χ2v) is 6.63. The Morgan fingerprint density at radius 1 is 1.04 bits per heavy atom. The van der Waals surface area contributed by atoms with E-state index in [0.29, 0.717) is 13.0 Å². The molecule has 3 rings (SSSR count). The van der Waals surface area contributed by atoms with Crippen molar-refractivity contribution >= 4 is 27.5 Å². The van der Waals surface area contributed by atoms with E-state index in [2.05, 4.69) is 36.9 Å². The van der Waals surface area contributed by atoms with Crippen molar-refractivity contribution in [3.8, 4) is 5.75 Å². The average Bonchev–Trinajstić information content (AvgIpc) is 2.60. The fraction of sp³-hybridized carbons (Fsp3) is 0.227. The molecule has 0 bridgehead atoms. The van der Waals surface area contributed by atoms with Gasteiger partial charge in [-0.1, -0.05) is 55.1 Å². The molecule has 3 aromatic rings. The first-order chi connectivity index (χ1) is 12.0. The maximum Gasteiger partial charge on any atom is 0.330 e. The third-order valence-corrected chi connectivity index (χ3v) is 4.22. The molecule has 0 aliphatic heterocycles. The zero-order valence-corrected chi connectivity index (χ0v) is 14.6. The molecule has 0 spiro atoms. The Hall–Kier alpha value is -2.81. The summed E-state index contributed by atoms with van der Waals surface area (Å²) in [7, 11) is 0. The predicted octanol–water partition coefficient (Wildman–Crippen LogP) is 5.27. The standard InChI is InChI=1S/C22H22O3/c1-4-20(23)25-22(2,3)13-14-24-21-18-11-7-5-9-16(18)15-17-10-6-8-12-19(17)21/h4-12,15H,1,13-14H2,2-3H3. The van der Waals surface area contributed by atoms with Gasteiger partial charge in [0.2, 0.25) is 0 Å². The van der Waals surface area contributed by atoms with E-state index in [-0.39, 0.29) is 0 Å². The zero-order chi connectivity index (χ0) is 17.9. The van der Waals surface area contributed by atoms with Crippen molar-refractivity contribution in [1.82, 2.24) is 0 Å². The maximum absolute atomic E-state index is 11.4. The molecule has 0 saturated carbocycles. The molecule has 0 atom stereocenters. The molecular formula is C22H22O3. The fourth-order valence-electron chi connectivity index (χ4n) is 2.89. The number of carbonyl (C=O) groups is 1. The summed E-state index contributed by atoms with van der Waals surface area (Å²) in [6.07, 6.45) is 1.77. The van der Waals surface area contributed by atoms with E-state index in [4.69, 9.17) is 9.47 Å². The molecule has 128 valence electrons. The van der Waals surface area contributed by atoms with Gasteiger partial charge in [-0.2, -0.15) is 0 Å². The van der Waals surface area contributed by atoms with E-state index in [0.717, 1.165) is 27.3 Å². The highest BCUT2D eigenvalue weighted by Gasteiger charge is 2.22. The Morgan fingerprint density at radius 3 is 2.16 bits per heavy atom. The van der Waals surface area contributed by atoms with E-state index < -0.39 is 11.6 Å². The number of ether oxygens (including phenoxy) is 2. The second kappa shape index (κ2) is 6.98. The summed E-state index contributed by atoms with van der Waals surface area (Å²) in [5.41, 5.74) is -0.605. The van der Waals surface area contributed by atoms with Crippen molar-refractivity contribution in [2.24, 2.45) is 0 Å². The topological polar surface area (TPSA) is 35.5 Å². The monoisotopic (exact) mass is 334 g/mol. The van der Waals surface area contributed by atoms with Crippen LogP contribution in [0.25, 0.3) is 21.5 Å². The molecule has 3 nitrogen and oxygen atoms in total. The summed E-state index contributed by atoms with van der Waals surface area (Å²) in [5.74, 6) is 0.458. The van der Waals surface area contributed by atoms with Crippen molar-refractivity contribution < 1.29 is 14.3 Å². The van der Waals surface area contributed by atoms with E-state index in [1.54, 1.807) is 0 Å². The first-order valence-electron chi connectivity index (χ1n) is 8.39. The van der Waals surface area contributed by atoms with E-state index >= 15 is 0 Å². The number of benzene rings is 3. The third kappa shape index (κ3) is 3.82. The summed E-state index contributed by atoms with van der Waals surface area (Å²) >= 11 is 0. The fourth-order valence-corrected chi connectivity index (χ4v) is 2.89.